The summed E-state index contributed by atoms with van der Waals surface area (Å²) in [5, 5.41) is 10.6. The molecule has 3 heteroatoms. The third-order valence-electron chi connectivity index (χ3n) is 3.83. The molecule has 0 saturated heterocycles. The van der Waals surface area contributed by atoms with E-state index in [1.807, 2.05) is 12.1 Å². The Morgan fingerprint density at radius 3 is 2.00 bits per heavy atom. The first-order chi connectivity index (χ1) is 9.39. The first kappa shape index (κ1) is 17.5. The summed E-state index contributed by atoms with van der Waals surface area (Å²) in [4.78, 5) is 11.9. The molecule has 1 unspecified atom stereocenters. The molecule has 1 rings (SSSR count). The second kappa shape index (κ2) is 5.70. The number of hydrogen-bond acceptors (Lipinski definition) is 3. The Hall–Kier alpha value is -1.51. The molecular weight excluding hydrogens is 264 g/mol. The zero-order valence-electron chi connectivity index (χ0n) is 14.5. The van der Waals surface area contributed by atoms with Crippen LogP contribution in [0, 0.1) is 0 Å². The van der Waals surface area contributed by atoms with Crippen LogP contribution in [-0.2, 0) is 20.4 Å². The summed E-state index contributed by atoms with van der Waals surface area (Å²) >= 11 is 0. The van der Waals surface area contributed by atoms with Gasteiger partial charge in [0.2, 0.25) is 0 Å². The molecule has 0 radical (unpaired) electrons. The molecule has 0 spiro atoms. The van der Waals surface area contributed by atoms with Crippen molar-refractivity contribution in [2.75, 3.05) is 7.11 Å². The van der Waals surface area contributed by atoms with Gasteiger partial charge in [-0.25, -0.2) is 0 Å². The highest BCUT2D eigenvalue weighted by molar-refractivity contribution is 5.79. The van der Waals surface area contributed by atoms with Gasteiger partial charge in [-0.3, -0.25) is 4.79 Å². The van der Waals surface area contributed by atoms with Crippen LogP contribution >= 0.6 is 0 Å². The number of esters is 1. The third kappa shape index (κ3) is 3.78. The minimum atomic E-state index is -0.488. The Bertz CT molecular complexity index is 531. The van der Waals surface area contributed by atoms with E-state index in [1.165, 1.54) is 7.11 Å². The number of rotatable bonds is 2. The minimum Gasteiger partial charge on any atom is -0.507 e. The van der Waals surface area contributed by atoms with E-state index in [1.54, 1.807) is 6.92 Å². The minimum absolute atomic E-state index is 0.0573. The summed E-state index contributed by atoms with van der Waals surface area (Å²) in [5.74, 6) is -0.622. The number of benzene rings is 1. The number of methoxy groups -OCH3 is 1. The Kier molecular flexibility index (Phi) is 4.76. The normalized spacial score (nSPS) is 13.9. The lowest BCUT2D eigenvalue weighted by atomic mass is 9.77. The van der Waals surface area contributed by atoms with E-state index in [0.717, 1.165) is 11.1 Å². The van der Waals surface area contributed by atoms with Gasteiger partial charge in [0.1, 0.15) is 5.75 Å². The molecule has 0 aliphatic carbocycles. The van der Waals surface area contributed by atoms with Crippen molar-refractivity contribution in [1.29, 1.82) is 0 Å². The lowest BCUT2D eigenvalue weighted by molar-refractivity contribution is -0.142. The van der Waals surface area contributed by atoms with Gasteiger partial charge in [-0.05, 0) is 28.9 Å². The zero-order valence-corrected chi connectivity index (χ0v) is 14.5. The van der Waals surface area contributed by atoms with Crippen LogP contribution in [0.1, 0.15) is 71.1 Å². The Morgan fingerprint density at radius 2 is 1.62 bits per heavy atom. The molecule has 0 saturated carbocycles. The summed E-state index contributed by atoms with van der Waals surface area (Å²) in [6, 6.07) is 3.97. The van der Waals surface area contributed by atoms with Crippen molar-refractivity contribution in [2.45, 2.75) is 65.2 Å². The predicted octanol–water partition coefficient (Wildman–Crippen LogP) is 4.26. The average molecular weight is 292 g/mol. The molecule has 1 atom stereocenters. The molecule has 0 fully saturated rings. The van der Waals surface area contributed by atoms with E-state index in [-0.39, 0.29) is 22.5 Å². The van der Waals surface area contributed by atoms with Crippen molar-refractivity contribution >= 4 is 5.97 Å². The summed E-state index contributed by atoms with van der Waals surface area (Å²) in [6.07, 6.45) is 0. The first-order valence-electron chi connectivity index (χ1n) is 7.35. The number of hydrogen-bond donors (Lipinski definition) is 1. The average Bonchev–Trinajstić information content (AvgIpc) is 2.34. The van der Waals surface area contributed by atoms with Crippen LogP contribution in [0.4, 0.5) is 0 Å². The van der Waals surface area contributed by atoms with Crippen molar-refractivity contribution in [3.8, 4) is 5.75 Å². The maximum absolute atomic E-state index is 11.9. The van der Waals surface area contributed by atoms with Crippen LogP contribution in [-0.4, -0.2) is 18.2 Å². The number of carbonyl (C=O) groups is 1. The maximum atomic E-state index is 11.9. The molecule has 0 aliphatic heterocycles. The van der Waals surface area contributed by atoms with Crippen LogP contribution < -0.4 is 0 Å². The lowest BCUT2D eigenvalue weighted by Crippen LogP contribution is -2.19. The Morgan fingerprint density at radius 1 is 1.10 bits per heavy atom. The molecule has 1 aromatic rings. The Labute approximate surface area is 128 Å². The van der Waals surface area contributed by atoms with Gasteiger partial charge in [-0.1, -0.05) is 53.7 Å². The molecule has 118 valence electrons. The molecule has 0 heterocycles. The number of aromatic hydroxyl groups is 1. The molecule has 1 aromatic carbocycles. The van der Waals surface area contributed by atoms with Crippen LogP contribution in [0.2, 0.25) is 0 Å². The van der Waals surface area contributed by atoms with Crippen molar-refractivity contribution < 1.29 is 14.6 Å². The van der Waals surface area contributed by atoms with Crippen molar-refractivity contribution in [2.24, 2.45) is 0 Å². The van der Waals surface area contributed by atoms with Crippen molar-refractivity contribution in [3.63, 3.8) is 0 Å². The fourth-order valence-electron chi connectivity index (χ4n) is 2.30. The summed E-state index contributed by atoms with van der Waals surface area (Å²) in [6.45, 7) is 14.3. The lowest BCUT2D eigenvalue weighted by Gasteiger charge is -2.28. The number of carbonyl (C=O) groups excluding carboxylic acids is 1. The van der Waals surface area contributed by atoms with E-state index in [0.29, 0.717) is 5.56 Å². The van der Waals surface area contributed by atoms with Gasteiger partial charge in [0, 0.05) is 5.56 Å². The van der Waals surface area contributed by atoms with Gasteiger partial charge in [-0.15, -0.1) is 0 Å². The van der Waals surface area contributed by atoms with Gasteiger partial charge in [0.05, 0.1) is 13.0 Å². The number of phenols is 1. The second-order valence-corrected chi connectivity index (χ2v) is 7.71. The zero-order chi connectivity index (χ0) is 16.6. The Balaban J connectivity index is 3.60. The first-order valence-corrected chi connectivity index (χ1v) is 7.35. The molecule has 0 aromatic heterocycles. The van der Waals surface area contributed by atoms with Crippen LogP contribution in [0.25, 0.3) is 0 Å². The van der Waals surface area contributed by atoms with Gasteiger partial charge < -0.3 is 9.84 Å². The topological polar surface area (TPSA) is 46.5 Å². The highest BCUT2D eigenvalue weighted by Gasteiger charge is 2.28. The fraction of sp³-hybridized carbons (Fsp3) is 0.611. The van der Waals surface area contributed by atoms with Gasteiger partial charge >= 0.3 is 5.97 Å². The molecular formula is C18H28O3. The van der Waals surface area contributed by atoms with Crippen molar-refractivity contribution in [3.05, 3.63) is 28.8 Å². The van der Waals surface area contributed by atoms with Crippen molar-refractivity contribution in [1.82, 2.24) is 0 Å². The molecule has 0 aliphatic rings. The van der Waals surface area contributed by atoms with Gasteiger partial charge in [0.15, 0.2) is 0 Å². The summed E-state index contributed by atoms with van der Waals surface area (Å²) < 4.78 is 4.82. The predicted molar refractivity (Wildman–Crippen MR) is 85.9 cm³/mol. The fourth-order valence-corrected chi connectivity index (χ4v) is 2.30. The quantitative estimate of drug-likeness (QED) is 0.828. The largest absolute Gasteiger partial charge is 0.507 e. The van der Waals surface area contributed by atoms with E-state index in [4.69, 9.17) is 4.74 Å². The molecule has 3 nitrogen and oxygen atoms in total. The van der Waals surface area contributed by atoms with E-state index in [2.05, 4.69) is 41.5 Å². The molecule has 21 heavy (non-hydrogen) atoms. The van der Waals surface area contributed by atoms with Gasteiger partial charge in [0.25, 0.3) is 0 Å². The van der Waals surface area contributed by atoms with E-state index in [9.17, 15) is 9.90 Å². The number of phenolic OH excluding ortho intramolecular Hbond substituents is 1. The van der Waals surface area contributed by atoms with Crippen LogP contribution in [0.15, 0.2) is 12.1 Å². The highest BCUT2D eigenvalue weighted by atomic mass is 16.5. The van der Waals surface area contributed by atoms with Crippen LogP contribution in [0.5, 0.6) is 5.75 Å². The van der Waals surface area contributed by atoms with Gasteiger partial charge in [-0.2, -0.15) is 0 Å². The summed E-state index contributed by atoms with van der Waals surface area (Å²) in [5.41, 5.74) is 2.35. The smallest absolute Gasteiger partial charge is 0.312 e. The second-order valence-electron chi connectivity index (χ2n) is 7.71. The monoisotopic (exact) mass is 292 g/mol. The van der Waals surface area contributed by atoms with Crippen LogP contribution in [0.3, 0.4) is 0 Å². The molecule has 1 N–H and O–H groups in total. The van der Waals surface area contributed by atoms with E-state index >= 15 is 0 Å². The standard InChI is InChI=1S/C18H28O3/c1-11(16(20)21-8)13-9-12(17(2,3)4)10-14(15(13)19)18(5,6)7/h9-11,19H,1-8H3. The third-order valence-corrected chi connectivity index (χ3v) is 3.83. The molecule has 0 bridgehead atoms. The SMILES string of the molecule is COC(=O)C(C)c1cc(C(C)(C)C)cc(C(C)(C)C)c1O. The maximum Gasteiger partial charge on any atom is 0.312 e. The molecule has 0 amide bonds. The highest BCUT2D eigenvalue weighted by Crippen LogP contribution is 2.40. The number of ether oxygens (including phenoxy) is 1. The van der Waals surface area contributed by atoms with E-state index < -0.39 is 5.92 Å². The summed E-state index contributed by atoms with van der Waals surface area (Å²) in [7, 11) is 1.37.